The number of nitrogens with one attached hydrogen (secondary N) is 2. The van der Waals surface area contributed by atoms with Gasteiger partial charge in [0.05, 0.1) is 0 Å². The van der Waals surface area contributed by atoms with Gasteiger partial charge in [-0.1, -0.05) is 40.0 Å². The predicted molar refractivity (Wildman–Crippen MR) is 92.7 cm³/mol. The van der Waals surface area contributed by atoms with Crippen molar-refractivity contribution in [2.45, 2.75) is 78.6 Å². The molecule has 2 fully saturated rings. The van der Waals surface area contributed by atoms with E-state index in [1.807, 2.05) is 0 Å². The standard InChI is InChI=1S/C19H38N2/c1-4-7-18(10-12-20-13-11-18)15-21-16-19(14-17(2)3)8-5-6-9-19/h17,20-21H,4-16H2,1-3H3. The van der Waals surface area contributed by atoms with E-state index >= 15 is 0 Å². The van der Waals surface area contributed by atoms with Gasteiger partial charge in [-0.2, -0.15) is 0 Å². The van der Waals surface area contributed by atoms with E-state index in [1.165, 1.54) is 84.0 Å². The average molecular weight is 295 g/mol. The molecule has 0 aromatic heterocycles. The van der Waals surface area contributed by atoms with E-state index in [1.54, 1.807) is 0 Å². The number of rotatable bonds is 8. The lowest BCUT2D eigenvalue weighted by Crippen LogP contribution is -2.45. The average Bonchev–Trinajstić information content (AvgIpc) is 2.88. The van der Waals surface area contributed by atoms with Crippen LogP contribution in [0.25, 0.3) is 0 Å². The number of hydrogen-bond acceptors (Lipinski definition) is 2. The first kappa shape index (κ1) is 17.3. The Kier molecular flexibility index (Phi) is 6.55. The Morgan fingerprint density at radius 3 is 2.14 bits per heavy atom. The summed E-state index contributed by atoms with van der Waals surface area (Å²) in [6, 6.07) is 0. The first-order valence-corrected chi connectivity index (χ1v) is 9.51. The van der Waals surface area contributed by atoms with Crippen molar-refractivity contribution in [2.75, 3.05) is 26.2 Å². The summed E-state index contributed by atoms with van der Waals surface area (Å²) in [5, 5.41) is 7.48. The number of hydrogen-bond donors (Lipinski definition) is 2. The molecule has 0 amide bonds. The van der Waals surface area contributed by atoms with E-state index in [0.717, 1.165) is 5.92 Å². The molecule has 1 saturated carbocycles. The third-order valence-electron chi connectivity index (χ3n) is 5.95. The van der Waals surface area contributed by atoms with E-state index in [-0.39, 0.29) is 0 Å². The van der Waals surface area contributed by atoms with Gasteiger partial charge in [-0.25, -0.2) is 0 Å². The van der Waals surface area contributed by atoms with Crippen LogP contribution in [0.2, 0.25) is 0 Å². The highest BCUT2D eigenvalue weighted by Crippen LogP contribution is 2.43. The van der Waals surface area contributed by atoms with Crippen molar-refractivity contribution in [1.29, 1.82) is 0 Å². The van der Waals surface area contributed by atoms with Gasteiger partial charge in [0.1, 0.15) is 0 Å². The summed E-state index contributed by atoms with van der Waals surface area (Å²) in [5.41, 5.74) is 1.20. The maximum atomic E-state index is 3.94. The van der Waals surface area contributed by atoms with E-state index in [2.05, 4.69) is 31.4 Å². The fraction of sp³-hybridized carbons (Fsp3) is 1.00. The molecule has 0 atom stereocenters. The van der Waals surface area contributed by atoms with Gasteiger partial charge < -0.3 is 10.6 Å². The summed E-state index contributed by atoms with van der Waals surface area (Å²) < 4.78 is 0. The molecular weight excluding hydrogens is 256 g/mol. The molecule has 1 saturated heterocycles. The second-order valence-corrected chi connectivity index (χ2v) is 8.41. The lowest BCUT2D eigenvalue weighted by Gasteiger charge is -2.40. The highest BCUT2D eigenvalue weighted by atomic mass is 14.9. The van der Waals surface area contributed by atoms with E-state index < -0.39 is 0 Å². The Morgan fingerprint density at radius 1 is 0.952 bits per heavy atom. The SMILES string of the molecule is CCCC1(CNCC2(CC(C)C)CCCC2)CCNCC1. The summed E-state index contributed by atoms with van der Waals surface area (Å²) >= 11 is 0. The van der Waals surface area contributed by atoms with Crippen molar-refractivity contribution >= 4 is 0 Å². The van der Waals surface area contributed by atoms with Crippen LogP contribution in [0, 0.1) is 16.7 Å². The van der Waals surface area contributed by atoms with Crippen LogP contribution in [-0.2, 0) is 0 Å². The molecule has 1 heterocycles. The molecule has 2 nitrogen and oxygen atoms in total. The highest BCUT2D eigenvalue weighted by molar-refractivity contribution is 4.91. The van der Waals surface area contributed by atoms with E-state index in [9.17, 15) is 0 Å². The van der Waals surface area contributed by atoms with Gasteiger partial charge >= 0.3 is 0 Å². The van der Waals surface area contributed by atoms with Crippen molar-refractivity contribution in [3.8, 4) is 0 Å². The Morgan fingerprint density at radius 2 is 1.57 bits per heavy atom. The summed E-state index contributed by atoms with van der Waals surface area (Å²) in [6.07, 6.45) is 12.7. The fourth-order valence-corrected chi connectivity index (χ4v) is 5.04. The minimum Gasteiger partial charge on any atom is -0.317 e. The molecule has 1 aliphatic heterocycles. The van der Waals surface area contributed by atoms with Crippen LogP contribution in [0.5, 0.6) is 0 Å². The quantitative estimate of drug-likeness (QED) is 0.695. The molecule has 2 aliphatic rings. The molecule has 21 heavy (non-hydrogen) atoms. The molecule has 0 unspecified atom stereocenters. The molecule has 1 aliphatic carbocycles. The topological polar surface area (TPSA) is 24.1 Å². The molecular formula is C19H38N2. The Labute approximate surface area is 132 Å². The second-order valence-electron chi connectivity index (χ2n) is 8.41. The van der Waals surface area contributed by atoms with Crippen molar-refractivity contribution in [3.63, 3.8) is 0 Å². The molecule has 124 valence electrons. The van der Waals surface area contributed by atoms with Crippen LogP contribution in [0.1, 0.15) is 78.6 Å². The third kappa shape index (κ3) is 4.96. The van der Waals surface area contributed by atoms with Gasteiger partial charge in [0.25, 0.3) is 0 Å². The zero-order valence-electron chi connectivity index (χ0n) is 14.8. The molecule has 2 rings (SSSR count). The normalized spacial score (nSPS) is 24.6. The fourth-order valence-electron chi connectivity index (χ4n) is 5.04. The lowest BCUT2D eigenvalue weighted by atomic mass is 9.74. The van der Waals surface area contributed by atoms with Gasteiger partial charge in [-0.05, 0) is 68.4 Å². The Hall–Kier alpha value is -0.0800. The largest absolute Gasteiger partial charge is 0.317 e. The third-order valence-corrected chi connectivity index (χ3v) is 5.95. The van der Waals surface area contributed by atoms with Crippen molar-refractivity contribution in [1.82, 2.24) is 10.6 Å². The monoisotopic (exact) mass is 294 g/mol. The Bertz CT molecular complexity index is 278. The van der Waals surface area contributed by atoms with Crippen molar-refractivity contribution < 1.29 is 0 Å². The van der Waals surface area contributed by atoms with Crippen LogP contribution in [0.3, 0.4) is 0 Å². The summed E-state index contributed by atoms with van der Waals surface area (Å²) in [5.74, 6) is 0.841. The van der Waals surface area contributed by atoms with Crippen LogP contribution >= 0.6 is 0 Å². The maximum absolute atomic E-state index is 3.94. The smallest absolute Gasteiger partial charge is 0.000899 e. The number of piperidine rings is 1. The van der Waals surface area contributed by atoms with Gasteiger partial charge in [0, 0.05) is 13.1 Å². The molecule has 2 N–H and O–H groups in total. The molecule has 0 radical (unpaired) electrons. The van der Waals surface area contributed by atoms with Crippen molar-refractivity contribution in [3.05, 3.63) is 0 Å². The molecule has 0 bridgehead atoms. The highest BCUT2D eigenvalue weighted by Gasteiger charge is 2.36. The molecule has 0 aromatic carbocycles. The van der Waals surface area contributed by atoms with Gasteiger partial charge in [0.2, 0.25) is 0 Å². The maximum Gasteiger partial charge on any atom is 0.000899 e. The predicted octanol–water partition coefficient (Wildman–Crippen LogP) is 4.35. The van der Waals surface area contributed by atoms with Gasteiger partial charge in [0.15, 0.2) is 0 Å². The summed E-state index contributed by atoms with van der Waals surface area (Å²) in [4.78, 5) is 0. The zero-order valence-corrected chi connectivity index (χ0v) is 14.8. The van der Waals surface area contributed by atoms with E-state index in [0.29, 0.717) is 10.8 Å². The van der Waals surface area contributed by atoms with Crippen LogP contribution in [0.4, 0.5) is 0 Å². The molecule has 0 aromatic rings. The molecule has 0 spiro atoms. The van der Waals surface area contributed by atoms with Gasteiger partial charge in [-0.3, -0.25) is 0 Å². The minimum absolute atomic E-state index is 0.581. The lowest BCUT2D eigenvalue weighted by molar-refractivity contribution is 0.155. The zero-order chi connectivity index (χ0) is 15.2. The summed E-state index contributed by atoms with van der Waals surface area (Å²) in [7, 11) is 0. The molecule has 2 heteroatoms. The van der Waals surface area contributed by atoms with E-state index in [4.69, 9.17) is 0 Å². The van der Waals surface area contributed by atoms with Crippen LogP contribution in [-0.4, -0.2) is 26.2 Å². The minimum atomic E-state index is 0.581. The van der Waals surface area contributed by atoms with Gasteiger partial charge in [-0.15, -0.1) is 0 Å². The van der Waals surface area contributed by atoms with Crippen molar-refractivity contribution in [2.24, 2.45) is 16.7 Å². The van der Waals surface area contributed by atoms with Crippen LogP contribution < -0.4 is 10.6 Å². The second kappa shape index (κ2) is 7.97. The van der Waals surface area contributed by atoms with Crippen LogP contribution in [0.15, 0.2) is 0 Å². The summed E-state index contributed by atoms with van der Waals surface area (Å²) in [6.45, 7) is 12.1. The Balaban J connectivity index is 1.85. The first-order chi connectivity index (χ1) is 10.1. The first-order valence-electron chi connectivity index (χ1n) is 9.51.